The summed E-state index contributed by atoms with van der Waals surface area (Å²) in [4.78, 5) is 11.1. The molecule has 2 heteroatoms. The van der Waals surface area contributed by atoms with Crippen LogP contribution in [-0.2, 0) is 9.53 Å². The highest BCUT2D eigenvalue weighted by atomic mass is 16.5. The highest BCUT2D eigenvalue weighted by Gasteiger charge is 2.03. The third-order valence-electron chi connectivity index (χ3n) is 1.68. The molecule has 0 bridgehead atoms. The zero-order valence-electron chi connectivity index (χ0n) is 8.51. The van der Waals surface area contributed by atoms with Gasteiger partial charge in [-0.25, -0.2) is 0 Å². The number of hydrogen-bond donors (Lipinski definition) is 0. The number of rotatable bonds is 6. The van der Waals surface area contributed by atoms with Crippen LogP contribution in [0.5, 0.6) is 0 Å². The molecule has 0 unspecified atom stereocenters. The molecule has 2 nitrogen and oxygen atoms in total. The molecule has 74 valence electrons. The van der Waals surface area contributed by atoms with Gasteiger partial charge in [0.05, 0.1) is 6.42 Å². The molecular formula is C11H18O2. The van der Waals surface area contributed by atoms with Crippen LogP contribution in [0.2, 0.25) is 0 Å². The molecule has 0 radical (unpaired) electrons. The SMILES string of the molecule is C=CCOC(=O)CC(=CCC)CC. The Bertz CT molecular complexity index is 192. The summed E-state index contributed by atoms with van der Waals surface area (Å²) in [6, 6.07) is 0. The average molecular weight is 182 g/mol. The standard InChI is InChI=1S/C11H18O2/c1-4-7-10(6-3)9-11(12)13-8-5-2/h5,7H,2,4,6,8-9H2,1,3H3. The predicted molar refractivity (Wildman–Crippen MR) is 54.4 cm³/mol. The lowest BCUT2D eigenvalue weighted by Gasteiger charge is -2.03. The van der Waals surface area contributed by atoms with Gasteiger partial charge in [-0.05, 0) is 12.8 Å². The first-order valence-electron chi connectivity index (χ1n) is 4.69. The lowest BCUT2D eigenvalue weighted by molar-refractivity contribution is -0.141. The van der Waals surface area contributed by atoms with Gasteiger partial charge in [-0.15, -0.1) is 0 Å². The van der Waals surface area contributed by atoms with Crippen molar-refractivity contribution in [3.63, 3.8) is 0 Å². The van der Waals surface area contributed by atoms with Gasteiger partial charge in [-0.2, -0.15) is 0 Å². The third-order valence-corrected chi connectivity index (χ3v) is 1.68. The zero-order chi connectivity index (χ0) is 10.1. The second kappa shape index (κ2) is 7.59. The van der Waals surface area contributed by atoms with Gasteiger partial charge in [0.15, 0.2) is 0 Å². The van der Waals surface area contributed by atoms with Crippen LogP contribution in [0.15, 0.2) is 24.3 Å². The van der Waals surface area contributed by atoms with Gasteiger partial charge in [0.2, 0.25) is 0 Å². The van der Waals surface area contributed by atoms with E-state index in [9.17, 15) is 4.79 Å². The highest BCUT2D eigenvalue weighted by Crippen LogP contribution is 2.08. The first-order chi connectivity index (χ1) is 6.24. The number of ether oxygens (including phenoxy) is 1. The van der Waals surface area contributed by atoms with Gasteiger partial charge in [0.25, 0.3) is 0 Å². The van der Waals surface area contributed by atoms with Crippen molar-refractivity contribution in [1.29, 1.82) is 0 Å². The maximum Gasteiger partial charge on any atom is 0.310 e. The summed E-state index contributed by atoms with van der Waals surface area (Å²) >= 11 is 0. The summed E-state index contributed by atoms with van der Waals surface area (Å²) in [5.41, 5.74) is 1.15. The number of hydrogen-bond acceptors (Lipinski definition) is 2. The molecule has 0 saturated carbocycles. The molecule has 0 aliphatic rings. The van der Waals surface area contributed by atoms with E-state index in [1.807, 2.05) is 6.92 Å². The number of carbonyl (C=O) groups is 1. The lowest BCUT2D eigenvalue weighted by Crippen LogP contribution is -2.05. The van der Waals surface area contributed by atoms with Gasteiger partial charge in [-0.1, -0.05) is 38.2 Å². The first-order valence-corrected chi connectivity index (χ1v) is 4.69. The molecule has 13 heavy (non-hydrogen) atoms. The van der Waals surface area contributed by atoms with Crippen molar-refractivity contribution in [2.45, 2.75) is 33.1 Å². The second-order valence-corrected chi connectivity index (χ2v) is 2.77. The Balaban J connectivity index is 3.86. The fraction of sp³-hybridized carbons (Fsp3) is 0.545. The Kier molecular flexibility index (Phi) is 6.98. The van der Waals surface area contributed by atoms with Crippen LogP contribution >= 0.6 is 0 Å². The lowest BCUT2D eigenvalue weighted by atomic mass is 10.1. The smallest absolute Gasteiger partial charge is 0.310 e. The highest BCUT2D eigenvalue weighted by molar-refractivity contribution is 5.72. The van der Waals surface area contributed by atoms with Gasteiger partial charge in [-0.3, -0.25) is 4.79 Å². The maximum absolute atomic E-state index is 11.1. The topological polar surface area (TPSA) is 26.3 Å². The van der Waals surface area contributed by atoms with Crippen molar-refractivity contribution < 1.29 is 9.53 Å². The van der Waals surface area contributed by atoms with E-state index in [0.29, 0.717) is 13.0 Å². The summed E-state index contributed by atoms with van der Waals surface area (Å²) in [6.45, 7) is 7.89. The largest absolute Gasteiger partial charge is 0.461 e. The predicted octanol–water partition coefficient (Wildman–Crippen LogP) is 2.85. The molecule has 0 aliphatic heterocycles. The Hall–Kier alpha value is -1.05. The van der Waals surface area contributed by atoms with E-state index in [4.69, 9.17) is 4.74 Å². The van der Waals surface area contributed by atoms with Gasteiger partial charge in [0.1, 0.15) is 6.61 Å². The third kappa shape index (κ3) is 6.14. The van der Waals surface area contributed by atoms with Crippen molar-refractivity contribution in [3.8, 4) is 0 Å². The van der Waals surface area contributed by atoms with E-state index >= 15 is 0 Å². The van der Waals surface area contributed by atoms with Crippen LogP contribution < -0.4 is 0 Å². The molecule has 0 rings (SSSR count). The summed E-state index contributed by atoms with van der Waals surface area (Å²) in [7, 11) is 0. The molecule has 0 aromatic heterocycles. The Morgan fingerprint density at radius 2 is 2.15 bits per heavy atom. The van der Waals surface area contributed by atoms with Crippen LogP contribution in [0.1, 0.15) is 33.1 Å². The van der Waals surface area contributed by atoms with Gasteiger partial charge >= 0.3 is 5.97 Å². The van der Waals surface area contributed by atoms with Crippen LogP contribution in [-0.4, -0.2) is 12.6 Å². The zero-order valence-corrected chi connectivity index (χ0v) is 8.51. The van der Waals surface area contributed by atoms with Crippen LogP contribution in [0, 0.1) is 0 Å². The summed E-state index contributed by atoms with van der Waals surface area (Å²) in [5.74, 6) is -0.165. The number of carbonyl (C=O) groups excluding carboxylic acids is 1. The molecule has 0 atom stereocenters. The van der Waals surface area contributed by atoms with Crippen molar-refractivity contribution >= 4 is 5.97 Å². The Morgan fingerprint density at radius 1 is 1.46 bits per heavy atom. The quantitative estimate of drug-likeness (QED) is 0.466. The number of allylic oxidation sites excluding steroid dienone is 1. The second-order valence-electron chi connectivity index (χ2n) is 2.77. The fourth-order valence-electron chi connectivity index (χ4n) is 1.02. The van der Waals surface area contributed by atoms with Crippen LogP contribution in [0.4, 0.5) is 0 Å². The number of esters is 1. The van der Waals surface area contributed by atoms with Gasteiger partial charge < -0.3 is 4.74 Å². The first kappa shape index (κ1) is 11.9. The Labute approximate surface area is 80.3 Å². The molecule has 0 aromatic carbocycles. The molecule has 0 N–H and O–H groups in total. The minimum atomic E-state index is -0.165. The molecule has 0 heterocycles. The maximum atomic E-state index is 11.1. The monoisotopic (exact) mass is 182 g/mol. The minimum absolute atomic E-state index is 0.165. The normalized spacial score (nSPS) is 11.1. The van der Waals surface area contributed by atoms with Crippen molar-refractivity contribution in [3.05, 3.63) is 24.3 Å². The van der Waals surface area contributed by atoms with E-state index < -0.39 is 0 Å². The van der Waals surface area contributed by atoms with Crippen LogP contribution in [0.25, 0.3) is 0 Å². The van der Waals surface area contributed by atoms with E-state index in [2.05, 4.69) is 19.6 Å². The minimum Gasteiger partial charge on any atom is -0.461 e. The van der Waals surface area contributed by atoms with Crippen LogP contribution in [0.3, 0.4) is 0 Å². The average Bonchev–Trinajstić information content (AvgIpc) is 2.14. The van der Waals surface area contributed by atoms with Crippen molar-refractivity contribution in [2.75, 3.05) is 6.61 Å². The molecule has 0 aromatic rings. The van der Waals surface area contributed by atoms with E-state index in [0.717, 1.165) is 18.4 Å². The van der Waals surface area contributed by atoms with E-state index in [1.54, 1.807) is 6.08 Å². The molecule has 0 saturated heterocycles. The molecule has 0 fully saturated rings. The molecule has 0 amide bonds. The molecule has 0 spiro atoms. The van der Waals surface area contributed by atoms with E-state index in [1.165, 1.54) is 0 Å². The Morgan fingerprint density at radius 3 is 2.62 bits per heavy atom. The summed E-state index contributed by atoms with van der Waals surface area (Å²) < 4.78 is 4.87. The van der Waals surface area contributed by atoms with E-state index in [-0.39, 0.29) is 5.97 Å². The summed E-state index contributed by atoms with van der Waals surface area (Å²) in [5, 5.41) is 0. The summed E-state index contributed by atoms with van der Waals surface area (Å²) in [6.07, 6.45) is 5.95. The van der Waals surface area contributed by atoms with Crippen molar-refractivity contribution in [1.82, 2.24) is 0 Å². The molecular weight excluding hydrogens is 164 g/mol. The van der Waals surface area contributed by atoms with Crippen molar-refractivity contribution in [2.24, 2.45) is 0 Å². The molecule has 0 aliphatic carbocycles. The fourth-order valence-corrected chi connectivity index (χ4v) is 1.02. The van der Waals surface area contributed by atoms with Gasteiger partial charge in [0, 0.05) is 0 Å².